The minimum Gasteiger partial charge on any atom is -0.327 e. The third-order valence-electron chi connectivity index (χ3n) is 5.77. The average molecular weight is 340 g/mol. The molecule has 0 atom stereocenters. The second-order valence-corrected chi connectivity index (χ2v) is 7.70. The second-order valence-electron chi connectivity index (χ2n) is 7.70. The van der Waals surface area contributed by atoms with Crippen LogP contribution in [0.5, 0.6) is 0 Å². The smallest absolute Gasteiger partial charge is 0.280 e. The van der Waals surface area contributed by atoms with E-state index < -0.39 is 0 Å². The number of quaternary nitrogens is 1. The summed E-state index contributed by atoms with van der Waals surface area (Å²) in [5, 5.41) is 4.36. The molecule has 25 heavy (non-hydrogen) atoms. The summed E-state index contributed by atoms with van der Waals surface area (Å²) in [4.78, 5) is 19.9. The standard InChI is InChI=1S/C20H26N4O/c1-14-7-11-24(12-8-14)13-18(25)22-19-15-5-3-4-6-17(15)21-20-16(19)9-10-23(20)2/h3-6,14H,7-13H2,1-2H3,(H,21,22,25)/p+2. The van der Waals surface area contributed by atoms with E-state index in [0.29, 0.717) is 6.54 Å². The van der Waals surface area contributed by atoms with Crippen LogP contribution in [0.25, 0.3) is 10.9 Å². The van der Waals surface area contributed by atoms with Crippen molar-refractivity contribution in [2.45, 2.75) is 26.2 Å². The van der Waals surface area contributed by atoms with Gasteiger partial charge in [-0.25, -0.2) is 4.98 Å². The molecule has 1 aromatic heterocycles. The zero-order valence-corrected chi connectivity index (χ0v) is 15.2. The van der Waals surface area contributed by atoms with Crippen LogP contribution in [0.2, 0.25) is 0 Å². The van der Waals surface area contributed by atoms with E-state index in [9.17, 15) is 4.79 Å². The first-order valence-corrected chi connectivity index (χ1v) is 9.43. The van der Waals surface area contributed by atoms with Crippen LogP contribution in [-0.2, 0) is 11.2 Å². The number of pyridine rings is 1. The van der Waals surface area contributed by atoms with Crippen molar-refractivity contribution in [2.75, 3.05) is 43.4 Å². The first-order chi connectivity index (χ1) is 12.1. The maximum absolute atomic E-state index is 12.7. The van der Waals surface area contributed by atoms with Gasteiger partial charge in [-0.15, -0.1) is 0 Å². The first kappa shape index (κ1) is 16.3. The zero-order chi connectivity index (χ0) is 17.4. The fraction of sp³-hybridized carbons (Fsp3) is 0.500. The number of anilines is 2. The molecule has 3 heterocycles. The van der Waals surface area contributed by atoms with Crippen molar-refractivity contribution < 1.29 is 14.7 Å². The molecule has 0 spiro atoms. The van der Waals surface area contributed by atoms with E-state index in [4.69, 9.17) is 0 Å². The molecule has 0 bridgehead atoms. The van der Waals surface area contributed by atoms with E-state index in [-0.39, 0.29) is 5.91 Å². The number of carbonyl (C=O) groups excluding carboxylic acids is 1. The van der Waals surface area contributed by atoms with Crippen LogP contribution < -0.4 is 20.1 Å². The van der Waals surface area contributed by atoms with E-state index in [1.807, 2.05) is 12.1 Å². The quantitative estimate of drug-likeness (QED) is 0.872. The highest BCUT2D eigenvalue weighted by Gasteiger charge is 2.30. The number of likely N-dealkylation sites (N-methyl/N-ethyl adjacent to an activating group) is 1. The molecule has 0 saturated carbocycles. The van der Waals surface area contributed by atoms with Crippen LogP contribution in [0.4, 0.5) is 11.5 Å². The Balaban J connectivity index is 1.59. The number of hydrogen-bond donors (Lipinski definition) is 2. The van der Waals surface area contributed by atoms with Crippen LogP contribution in [0.15, 0.2) is 24.3 Å². The third-order valence-corrected chi connectivity index (χ3v) is 5.77. The van der Waals surface area contributed by atoms with Crippen LogP contribution in [0.1, 0.15) is 25.3 Å². The fourth-order valence-corrected chi connectivity index (χ4v) is 4.16. The molecule has 2 aromatic rings. The monoisotopic (exact) mass is 340 g/mol. The normalized spacial score (nSPS) is 22.9. The highest BCUT2D eigenvalue weighted by atomic mass is 16.2. The molecule has 0 aliphatic carbocycles. The highest BCUT2D eigenvalue weighted by Crippen LogP contribution is 2.34. The number of benzene rings is 1. The van der Waals surface area contributed by atoms with E-state index in [1.54, 1.807) is 0 Å². The predicted octanol–water partition coefficient (Wildman–Crippen LogP) is 0.900. The summed E-state index contributed by atoms with van der Waals surface area (Å²) in [5.41, 5.74) is 3.31. The van der Waals surface area contributed by atoms with Gasteiger partial charge in [0.05, 0.1) is 37.9 Å². The largest absolute Gasteiger partial charge is 0.327 e. The van der Waals surface area contributed by atoms with Gasteiger partial charge in [0.1, 0.15) is 5.52 Å². The number of nitrogens with zero attached hydrogens (tertiary/aromatic N) is 1. The Morgan fingerprint density at radius 3 is 2.88 bits per heavy atom. The summed E-state index contributed by atoms with van der Waals surface area (Å²) in [5.74, 6) is 2.07. The number of likely N-dealkylation sites (tertiary alicyclic amines) is 1. The Hall–Kier alpha value is -2.14. The van der Waals surface area contributed by atoms with Gasteiger partial charge in [-0.3, -0.25) is 9.69 Å². The molecule has 2 aliphatic heterocycles. The highest BCUT2D eigenvalue weighted by molar-refractivity contribution is 6.03. The van der Waals surface area contributed by atoms with Crippen LogP contribution in [0, 0.1) is 5.92 Å². The summed E-state index contributed by atoms with van der Waals surface area (Å²) < 4.78 is 0. The number of aromatic nitrogens is 1. The van der Waals surface area contributed by atoms with Gasteiger partial charge in [0, 0.05) is 11.8 Å². The number of fused-ring (bicyclic) bond motifs is 2. The number of amides is 1. The number of para-hydroxylation sites is 1. The molecule has 1 saturated heterocycles. The second kappa shape index (κ2) is 6.64. The number of hydrogen-bond acceptors (Lipinski definition) is 2. The van der Waals surface area contributed by atoms with E-state index in [0.717, 1.165) is 54.4 Å². The Bertz CT molecular complexity index is 796. The van der Waals surface area contributed by atoms with E-state index in [1.165, 1.54) is 23.3 Å². The maximum Gasteiger partial charge on any atom is 0.280 e. The topological polar surface area (TPSA) is 50.9 Å². The SMILES string of the molecule is CC1CC[NH+](CC(=O)Nc2c3c([nH+]c4ccccc24)N(C)CC3)CC1. The fourth-order valence-electron chi connectivity index (χ4n) is 4.16. The molecule has 0 unspecified atom stereocenters. The van der Waals surface area contributed by atoms with E-state index in [2.05, 4.69) is 41.3 Å². The molecule has 0 radical (unpaired) electrons. The van der Waals surface area contributed by atoms with Crippen LogP contribution in [0.3, 0.4) is 0 Å². The molecule has 5 heteroatoms. The molecular weight excluding hydrogens is 312 g/mol. The molecule has 5 nitrogen and oxygen atoms in total. The van der Waals surface area contributed by atoms with Crippen molar-refractivity contribution in [1.82, 2.24) is 0 Å². The zero-order valence-electron chi connectivity index (χ0n) is 15.2. The Morgan fingerprint density at radius 1 is 1.32 bits per heavy atom. The molecule has 2 aliphatic rings. The summed E-state index contributed by atoms with van der Waals surface area (Å²) in [7, 11) is 2.10. The Morgan fingerprint density at radius 2 is 2.08 bits per heavy atom. The third kappa shape index (κ3) is 3.21. The average Bonchev–Trinajstić information content (AvgIpc) is 2.98. The molecular formula is C20H28N4O+2. The number of carbonyl (C=O) groups is 1. The molecule has 132 valence electrons. The number of H-pyrrole nitrogens is 1. The first-order valence-electron chi connectivity index (χ1n) is 9.43. The number of rotatable bonds is 3. The number of piperidine rings is 1. The Kier molecular flexibility index (Phi) is 4.34. The summed E-state index contributed by atoms with van der Waals surface area (Å²) in [6.07, 6.45) is 3.43. The summed E-state index contributed by atoms with van der Waals surface area (Å²) in [6.45, 7) is 6.09. The van der Waals surface area contributed by atoms with Gasteiger partial charge in [0.25, 0.3) is 11.7 Å². The van der Waals surface area contributed by atoms with Crippen LogP contribution in [-0.4, -0.2) is 39.1 Å². The van der Waals surface area contributed by atoms with E-state index >= 15 is 0 Å². The van der Waals surface area contributed by atoms with Crippen molar-refractivity contribution >= 4 is 28.3 Å². The number of aromatic amines is 1. The van der Waals surface area contributed by atoms with Gasteiger partial charge in [-0.2, -0.15) is 0 Å². The minimum absolute atomic E-state index is 0.137. The summed E-state index contributed by atoms with van der Waals surface area (Å²) in [6, 6.07) is 8.24. The van der Waals surface area contributed by atoms with Gasteiger partial charge in [0.2, 0.25) is 0 Å². The van der Waals surface area contributed by atoms with Gasteiger partial charge in [-0.1, -0.05) is 19.1 Å². The Labute approximate surface area is 149 Å². The van der Waals surface area contributed by atoms with Crippen LogP contribution >= 0.6 is 0 Å². The molecule has 1 amide bonds. The maximum atomic E-state index is 12.7. The predicted molar refractivity (Wildman–Crippen MR) is 100 cm³/mol. The molecule has 1 fully saturated rings. The lowest BCUT2D eigenvalue weighted by atomic mass is 9.99. The molecule has 3 N–H and O–H groups in total. The van der Waals surface area contributed by atoms with Gasteiger partial charge < -0.3 is 10.2 Å². The number of nitrogens with one attached hydrogen (secondary N) is 3. The van der Waals surface area contributed by atoms with Crippen molar-refractivity contribution in [2.24, 2.45) is 5.92 Å². The minimum atomic E-state index is 0.137. The summed E-state index contributed by atoms with van der Waals surface area (Å²) >= 11 is 0. The van der Waals surface area contributed by atoms with Crippen molar-refractivity contribution in [3.63, 3.8) is 0 Å². The molecule has 1 aromatic carbocycles. The van der Waals surface area contributed by atoms with Crippen molar-refractivity contribution in [3.05, 3.63) is 29.8 Å². The van der Waals surface area contributed by atoms with Crippen molar-refractivity contribution in [1.29, 1.82) is 0 Å². The van der Waals surface area contributed by atoms with Crippen molar-refractivity contribution in [3.8, 4) is 0 Å². The lowest BCUT2D eigenvalue weighted by Gasteiger charge is -2.26. The van der Waals surface area contributed by atoms with Gasteiger partial charge in [-0.05, 0) is 30.9 Å². The lowest BCUT2D eigenvalue weighted by molar-refractivity contribution is -0.897. The molecule has 4 rings (SSSR count). The lowest BCUT2D eigenvalue weighted by Crippen LogP contribution is -3.14. The van der Waals surface area contributed by atoms with Gasteiger partial charge in [0.15, 0.2) is 6.54 Å². The van der Waals surface area contributed by atoms with Gasteiger partial charge >= 0.3 is 0 Å².